The fourth-order valence-electron chi connectivity index (χ4n) is 3.26. The summed E-state index contributed by atoms with van der Waals surface area (Å²) < 4.78 is 11.3. The summed E-state index contributed by atoms with van der Waals surface area (Å²) in [5, 5.41) is 0. The highest BCUT2D eigenvalue weighted by atomic mass is 16.5. The number of rotatable bonds is 3. The van der Waals surface area contributed by atoms with Crippen LogP contribution in [0.4, 0.5) is 5.69 Å². The Hall–Kier alpha value is -1.71. The quantitative estimate of drug-likeness (QED) is 0.686. The van der Waals surface area contributed by atoms with Crippen LogP contribution in [-0.2, 0) is 16.0 Å². The van der Waals surface area contributed by atoms with Gasteiger partial charge in [-0.05, 0) is 55.9 Å². The molecule has 0 saturated heterocycles. The first kappa shape index (κ1) is 14.2. The lowest BCUT2D eigenvalue weighted by molar-refractivity contribution is -0.152. The molecular formula is C17H23NO3. The molecule has 3 rings (SSSR count). The van der Waals surface area contributed by atoms with Crippen LogP contribution in [0.1, 0.15) is 44.1 Å². The fourth-order valence-corrected chi connectivity index (χ4v) is 3.26. The lowest BCUT2D eigenvalue weighted by Crippen LogP contribution is -2.27. The van der Waals surface area contributed by atoms with Gasteiger partial charge >= 0.3 is 5.97 Å². The highest BCUT2D eigenvalue weighted by Gasteiger charge is 2.25. The summed E-state index contributed by atoms with van der Waals surface area (Å²) in [6.45, 7) is 0.580. The number of ether oxygens (including phenoxy) is 2. The van der Waals surface area contributed by atoms with Gasteiger partial charge in [0.2, 0.25) is 0 Å². The molecule has 1 aromatic carbocycles. The maximum absolute atomic E-state index is 12.1. The molecule has 4 heteroatoms. The first-order valence-corrected chi connectivity index (χ1v) is 7.91. The van der Waals surface area contributed by atoms with Gasteiger partial charge in [-0.3, -0.25) is 4.79 Å². The number of anilines is 1. The Morgan fingerprint density at radius 2 is 2.10 bits per heavy atom. The Morgan fingerprint density at radius 1 is 1.29 bits per heavy atom. The normalized spacial score (nSPS) is 22.2. The molecule has 0 bridgehead atoms. The average Bonchev–Trinajstić information content (AvgIpc) is 2.47. The highest BCUT2D eigenvalue weighted by Crippen LogP contribution is 2.30. The number of nitrogens with two attached hydrogens (primary N) is 1. The van der Waals surface area contributed by atoms with Crippen molar-refractivity contribution in [1.29, 1.82) is 0 Å². The van der Waals surface area contributed by atoms with Crippen molar-refractivity contribution in [3.63, 3.8) is 0 Å². The van der Waals surface area contributed by atoms with Crippen LogP contribution in [0.15, 0.2) is 18.2 Å². The lowest BCUT2D eigenvalue weighted by Gasteiger charge is -2.26. The molecule has 2 N–H and O–H groups in total. The molecule has 1 fully saturated rings. The molecule has 114 valence electrons. The number of carbonyl (C=O) groups excluding carboxylic acids is 1. The van der Waals surface area contributed by atoms with Crippen LogP contribution in [-0.4, -0.2) is 18.7 Å². The van der Waals surface area contributed by atoms with E-state index in [1.807, 2.05) is 18.2 Å². The summed E-state index contributed by atoms with van der Waals surface area (Å²) in [7, 11) is 0. The van der Waals surface area contributed by atoms with Crippen molar-refractivity contribution in [3.05, 3.63) is 23.8 Å². The molecule has 1 saturated carbocycles. The average molecular weight is 289 g/mol. The molecule has 2 aliphatic rings. The molecule has 1 unspecified atom stereocenters. The third-order valence-electron chi connectivity index (χ3n) is 4.37. The van der Waals surface area contributed by atoms with Crippen LogP contribution in [0.25, 0.3) is 0 Å². The zero-order valence-electron chi connectivity index (χ0n) is 12.3. The van der Waals surface area contributed by atoms with Crippen LogP contribution in [0.2, 0.25) is 0 Å². The van der Waals surface area contributed by atoms with E-state index in [2.05, 4.69) is 0 Å². The van der Waals surface area contributed by atoms with E-state index in [0.29, 0.717) is 13.0 Å². The van der Waals surface area contributed by atoms with E-state index in [0.717, 1.165) is 36.3 Å². The number of hydrogen-bond acceptors (Lipinski definition) is 4. The van der Waals surface area contributed by atoms with Crippen LogP contribution < -0.4 is 10.5 Å². The first-order chi connectivity index (χ1) is 10.2. The van der Waals surface area contributed by atoms with E-state index in [-0.39, 0.29) is 18.0 Å². The first-order valence-electron chi connectivity index (χ1n) is 7.91. The summed E-state index contributed by atoms with van der Waals surface area (Å²) in [5.74, 6) is 0.999. The highest BCUT2D eigenvalue weighted by molar-refractivity contribution is 5.70. The van der Waals surface area contributed by atoms with Gasteiger partial charge in [-0.15, -0.1) is 0 Å². The topological polar surface area (TPSA) is 61.6 Å². The molecule has 1 aliphatic heterocycles. The minimum atomic E-state index is -0.0807. The van der Waals surface area contributed by atoms with Gasteiger partial charge in [0.1, 0.15) is 11.9 Å². The monoisotopic (exact) mass is 289 g/mol. The van der Waals surface area contributed by atoms with Gasteiger partial charge in [0, 0.05) is 11.6 Å². The summed E-state index contributed by atoms with van der Waals surface area (Å²) in [6, 6.07) is 5.69. The van der Waals surface area contributed by atoms with Gasteiger partial charge in [0.25, 0.3) is 0 Å². The lowest BCUT2D eigenvalue weighted by atomic mass is 9.93. The Balaban J connectivity index is 1.53. The summed E-state index contributed by atoms with van der Waals surface area (Å²) in [6.07, 6.45) is 7.07. The number of fused-ring (bicyclic) bond motifs is 1. The summed E-state index contributed by atoms with van der Waals surface area (Å²) in [5.41, 5.74) is 7.64. The summed E-state index contributed by atoms with van der Waals surface area (Å²) >= 11 is 0. The van der Waals surface area contributed by atoms with E-state index in [9.17, 15) is 4.79 Å². The maximum Gasteiger partial charge on any atom is 0.306 e. The molecule has 0 spiro atoms. The van der Waals surface area contributed by atoms with Gasteiger partial charge < -0.3 is 15.2 Å². The molecule has 0 aromatic heterocycles. The smallest absolute Gasteiger partial charge is 0.306 e. The van der Waals surface area contributed by atoms with Crippen LogP contribution in [0, 0.1) is 5.92 Å². The van der Waals surface area contributed by atoms with Crippen LogP contribution >= 0.6 is 0 Å². The zero-order chi connectivity index (χ0) is 14.7. The Bertz CT molecular complexity index is 509. The van der Waals surface area contributed by atoms with Crippen molar-refractivity contribution in [2.45, 2.75) is 51.0 Å². The third kappa shape index (κ3) is 3.69. The van der Waals surface area contributed by atoms with Crippen molar-refractivity contribution in [1.82, 2.24) is 0 Å². The predicted octanol–water partition coefficient (Wildman–Crippen LogP) is 3.09. The van der Waals surface area contributed by atoms with Gasteiger partial charge in [0.15, 0.2) is 0 Å². The molecule has 1 aliphatic carbocycles. The maximum atomic E-state index is 12.1. The standard InChI is InChI=1S/C17H23NO3/c18-14-6-7-16-13(10-14)8-12(11-20-16)9-17(19)21-15-4-2-1-3-5-15/h6-7,10,12,15H,1-5,8-9,11,18H2. The van der Waals surface area contributed by atoms with Crippen molar-refractivity contribution in [2.75, 3.05) is 12.3 Å². The molecule has 21 heavy (non-hydrogen) atoms. The number of benzene rings is 1. The van der Waals surface area contributed by atoms with Gasteiger partial charge in [0.05, 0.1) is 13.0 Å². The van der Waals surface area contributed by atoms with Gasteiger partial charge in [-0.1, -0.05) is 6.42 Å². The number of carbonyl (C=O) groups is 1. The van der Waals surface area contributed by atoms with Crippen molar-refractivity contribution < 1.29 is 14.3 Å². The molecule has 4 nitrogen and oxygen atoms in total. The summed E-state index contributed by atoms with van der Waals surface area (Å²) in [4.78, 5) is 12.1. The predicted molar refractivity (Wildman–Crippen MR) is 81.1 cm³/mol. The SMILES string of the molecule is Nc1ccc2c(c1)CC(CC(=O)OC1CCCCC1)CO2. The molecule has 1 aromatic rings. The van der Waals surface area contributed by atoms with Crippen LogP contribution in [0.3, 0.4) is 0 Å². The minimum absolute atomic E-state index is 0.0807. The molecule has 1 atom stereocenters. The number of esters is 1. The molecular weight excluding hydrogens is 266 g/mol. The Morgan fingerprint density at radius 3 is 2.90 bits per heavy atom. The van der Waals surface area contributed by atoms with Crippen molar-refractivity contribution in [3.8, 4) is 5.75 Å². The van der Waals surface area contributed by atoms with E-state index < -0.39 is 0 Å². The zero-order valence-corrected chi connectivity index (χ0v) is 12.3. The van der Waals surface area contributed by atoms with E-state index in [1.54, 1.807) is 0 Å². The fraction of sp³-hybridized carbons (Fsp3) is 0.588. The van der Waals surface area contributed by atoms with E-state index in [1.165, 1.54) is 19.3 Å². The molecule has 0 amide bonds. The van der Waals surface area contributed by atoms with Crippen molar-refractivity contribution in [2.24, 2.45) is 5.92 Å². The second-order valence-electron chi connectivity index (χ2n) is 6.20. The second kappa shape index (κ2) is 6.37. The third-order valence-corrected chi connectivity index (χ3v) is 4.37. The second-order valence-corrected chi connectivity index (χ2v) is 6.20. The van der Waals surface area contributed by atoms with Crippen LogP contribution in [0.5, 0.6) is 5.75 Å². The van der Waals surface area contributed by atoms with E-state index in [4.69, 9.17) is 15.2 Å². The van der Waals surface area contributed by atoms with Gasteiger partial charge in [-0.2, -0.15) is 0 Å². The Kier molecular flexibility index (Phi) is 4.32. The van der Waals surface area contributed by atoms with E-state index >= 15 is 0 Å². The molecule has 1 heterocycles. The van der Waals surface area contributed by atoms with Crippen molar-refractivity contribution >= 4 is 11.7 Å². The van der Waals surface area contributed by atoms with Gasteiger partial charge in [-0.25, -0.2) is 0 Å². The number of nitrogen functional groups attached to an aromatic ring is 1. The Labute approximate surface area is 125 Å². The number of hydrogen-bond donors (Lipinski definition) is 1. The largest absolute Gasteiger partial charge is 0.493 e. The molecule has 0 radical (unpaired) electrons. The minimum Gasteiger partial charge on any atom is -0.493 e.